The fourth-order valence-corrected chi connectivity index (χ4v) is 2.33. The van der Waals surface area contributed by atoms with Gasteiger partial charge in [-0.05, 0) is 6.42 Å². The molecular formula is C12H13N3O2S. The molecule has 0 bridgehead atoms. The Balaban J connectivity index is 2.23. The molecule has 0 atom stereocenters. The minimum atomic E-state index is -0.388. The first-order valence-corrected chi connectivity index (χ1v) is 6.47. The molecule has 0 aliphatic rings. The number of non-ortho nitro benzene ring substituents is 1. The molecule has 0 aliphatic heterocycles. The van der Waals surface area contributed by atoms with Crippen molar-refractivity contribution in [1.29, 1.82) is 0 Å². The molecule has 0 amide bonds. The summed E-state index contributed by atoms with van der Waals surface area (Å²) < 4.78 is 0. The summed E-state index contributed by atoms with van der Waals surface area (Å²) in [6, 6.07) is 6.59. The zero-order valence-corrected chi connectivity index (χ0v) is 10.7. The van der Waals surface area contributed by atoms with Gasteiger partial charge in [0.15, 0.2) is 5.13 Å². The van der Waals surface area contributed by atoms with E-state index in [1.807, 2.05) is 6.07 Å². The normalized spacial score (nSPS) is 10.3. The van der Waals surface area contributed by atoms with E-state index in [4.69, 9.17) is 0 Å². The lowest BCUT2D eigenvalue weighted by Crippen LogP contribution is -1.97. The van der Waals surface area contributed by atoms with Gasteiger partial charge in [-0.3, -0.25) is 10.1 Å². The Labute approximate surface area is 109 Å². The van der Waals surface area contributed by atoms with E-state index in [2.05, 4.69) is 17.2 Å². The van der Waals surface area contributed by atoms with E-state index in [1.54, 1.807) is 18.3 Å². The summed E-state index contributed by atoms with van der Waals surface area (Å²) in [4.78, 5) is 15.5. The van der Waals surface area contributed by atoms with Crippen LogP contribution in [0.5, 0.6) is 0 Å². The van der Waals surface area contributed by atoms with E-state index >= 15 is 0 Å². The highest BCUT2D eigenvalue weighted by Crippen LogP contribution is 2.30. The number of nitro benzene ring substituents is 1. The van der Waals surface area contributed by atoms with Crippen molar-refractivity contribution in [1.82, 2.24) is 4.98 Å². The number of nitro groups is 1. The summed E-state index contributed by atoms with van der Waals surface area (Å²) in [6.07, 6.45) is 2.77. The van der Waals surface area contributed by atoms with Gasteiger partial charge in [0, 0.05) is 30.4 Å². The second-order valence-electron chi connectivity index (χ2n) is 3.76. The Morgan fingerprint density at radius 1 is 1.50 bits per heavy atom. The first-order chi connectivity index (χ1) is 8.70. The van der Waals surface area contributed by atoms with Gasteiger partial charge in [-0.1, -0.05) is 30.4 Å². The Kier molecular flexibility index (Phi) is 3.88. The van der Waals surface area contributed by atoms with Crippen LogP contribution in [-0.4, -0.2) is 16.5 Å². The van der Waals surface area contributed by atoms with E-state index in [1.165, 1.54) is 17.4 Å². The summed E-state index contributed by atoms with van der Waals surface area (Å²) >= 11 is 1.50. The van der Waals surface area contributed by atoms with E-state index in [0.717, 1.165) is 28.5 Å². The molecule has 0 unspecified atom stereocenters. The maximum Gasteiger partial charge on any atom is 0.270 e. The molecule has 0 spiro atoms. The molecule has 0 aliphatic carbocycles. The van der Waals surface area contributed by atoms with Crippen LogP contribution in [-0.2, 0) is 0 Å². The molecular weight excluding hydrogens is 250 g/mol. The summed E-state index contributed by atoms with van der Waals surface area (Å²) in [5, 5.41) is 14.8. The fraction of sp³-hybridized carbons (Fsp3) is 0.250. The van der Waals surface area contributed by atoms with E-state index in [0.29, 0.717) is 0 Å². The van der Waals surface area contributed by atoms with Gasteiger partial charge in [-0.25, -0.2) is 4.98 Å². The quantitative estimate of drug-likeness (QED) is 0.661. The van der Waals surface area contributed by atoms with Crippen molar-refractivity contribution < 1.29 is 4.92 Å². The molecule has 18 heavy (non-hydrogen) atoms. The van der Waals surface area contributed by atoms with Crippen LogP contribution in [0.15, 0.2) is 30.5 Å². The van der Waals surface area contributed by atoms with Crippen molar-refractivity contribution in [2.24, 2.45) is 0 Å². The second kappa shape index (κ2) is 5.59. The van der Waals surface area contributed by atoms with Gasteiger partial charge in [0.25, 0.3) is 5.69 Å². The van der Waals surface area contributed by atoms with Gasteiger partial charge in [0.1, 0.15) is 0 Å². The minimum Gasteiger partial charge on any atom is -0.362 e. The standard InChI is InChI=1S/C12H13N3O2S/c1-2-6-13-12-14-8-11(18-12)9-4-3-5-10(7-9)15(16)17/h3-5,7-8H,2,6H2,1H3,(H,13,14). The Bertz CT molecular complexity index is 554. The minimum absolute atomic E-state index is 0.101. The molecule has 2 aromatic rings. The van der Waals surface area contributed by atoms with Crippen LogP contribution in [0.2, 0.25) is 0 Å². The first kappa shape index (κ1) is 12.5. The lowest BCUT2D eigenvalue weighted by molar-refractivity contribution is -0.384. The van der Waals surface area contributed by atoms with Crippen LogP contribution in [0.1, 0.15) is 13.3 Å². The number of aromatic nitrogens is 1. The van der Waals surface area contributed by atoms with Crippen LogP contribution in [0, 0.1) is 10.1 Å². The monoisotopic (exact) mass is 263 g/mol. The largest absolute Gasteiger partial charge is 0.362 e. The molecule has 1 heterocycles. The highest BCUT2D eigenvalue weighted by atomic mass is 32.1. The number of benzene rings is 1. The van der Waals surface area contributed by atoms with Crippen LogP contribution in [0.4, 0.5) is 10.8 Å². The molecule has 0 radical (unpaired) electrons. The third-order valence-corrected chi connectivity index (χ3v) is 3.38. The summed E-state index contributed by atoms with van der Waals surface area (Å²) in [5.74, 6) is 0. The summed E-state index contributed by atoms with van der Waals surface area (Å²) in [5.41, 5.74) is 0.926. The third-order valence-electron chi connectivity index (χ3n) is 2.37. The predicted octanol–water partition coefficient (Wildman–Crippen LogP) is 3.54. The van der Waals surface area contributed by atoms with Gasteiger partial charge < -0.3 is 5.32 Å². The van der Waals surface area contributed by atoms with Gasteiger partial charge in [0.05, 0.1) is 9.80 Å². The van der Waals surface area contributed by atoms with Crippen LogP contribution >= 0.6 is 11.3 Å². The lowest BCUT2D eigenvalue weighted by Gasteiger charge is -1.98. The SMILES string of the molecule is CCCNc1ncc(-c2cccc([N+](=O)[O-])c2)s1. The molecule has 1 aromatic carbocycles. The van der Waals surface area contributed by atoms with Gasteiger partial charge in [-0.2, -0.15) is 0 Å². The maximum atomic E-state index is 10.7. The van der Waals surface area contributed by atoms with E-state index < -0.39 is 0 Å². The molecule has 94 valence electrons. The van der Waals surface area contributed by atoms with Crippen LogP contribution in [0.3, 0.4) is 0 Å². The lowest BCUT2D eigenvalue weighted by atomic mass is 10.2. The molecule has 0 fully saturated rings. The van der Waals surface area contributed by atoms with Gasteiger partial charge in [-0.15, -0.1) is 0 Å². The number of anilines is 1. The van der Waals surface area contributed by atoms with Crippen molar-refractivity contribution in [2.75, 3.05) is 11.9 Å². The zero-order chi connectivity index (χ0) is 13.0. The molecule has 6 heteroatoms. The first-order valence-electron chi connectivity index (χ1n) is 5.65. The Morgan fingerprint density at radius 3 is 3.06 bits per heavy atom. The molecule has 5 nitrogen and oxygen atoms in total. The fourth-order valence-electron chi connectivity index (χ4n) is 1.49. The van der Waals surface area contributed by atoms with Gasteiger partial charge in [0.2, 0.25) is 0 Å². The summed E-state index contributed by atoms with van der Waals surface area (Å²) in [7, 11) is 0. The number of thiazole rings is 1. The number of hydrogen-bond acceptors (Lipinski definition) is 5. The van der Waals surface area contributed by atoms with Crippen LogP contribution in [0.25, 0.3) is 10.4 Å². The number of nitrogens with one attached hydrogen (secondary N) is 1. The summed E-state index contributed by atoms with van der Waals surface area (Å²) in [6.45, 7) is 2.96. The molecule has 1 aromatic heterocycles. The molecule has 0 saturated carbocycles. The Morgan fingerprint density at radius 2 is 2.33 bits per heavy atom. The number of nitrogens with zero attached hydrogens (tertiary/aromatic N) is 2. The van der Waals surface area contributed by atoms with Crippen molar-refractivity contribution in [2.45, 2.75) is 13.3 Å². The van der Waals surface area contributed by atoms with Gasteiger partial charge >= 0.3 is 0 Å². The van der Waals surface area contributed by atoms with Crippen molar-refractivity contribution in [3.8, 4) is 10.4 Å². The van der Waals surface area contributed by atoms with E-state index in [9.17, 15) is 10.1 Å². The van der Waals surface area contributed by atoms with Crippen molar-refractivity contribution in [3.63, 3.8) is 0 Å². The highest BCUT2D eigenvalue weighted by Gasteiger charge is 2.09. The number of rotatable bonds is 5. The third kappa shape index (κ3) is 2.84. The molecule has 0 saturated heterocycles. The maximum absolute atomic E-state index is 10.7. The average molecular weight is 263 g/mol. The highest BCUT2D eigenvalue weighted by molar-refractivity contribution is 7.18. The Hall–Kier alpha value is -1.95. The van der Waals surface area contributed by atoms with Crippen molar-refractivity contribution >= 4 is 22.2 Å². The second-order valence-corrected chi connectivity index (χ2v) is 4.79. The smallest absolute Gasteiger partial charge is 0.270 e. The molecule has 1 N–H and O–H groups in total. The zero-order valence-electron chi connectivity index (χ0n) is 9.92. The predicted molar refractivity (Wildman–Crippen MR) is 73.0 cm³/mol. The molecule has 2 rings (SSSR count). The van der Waals surface area contributed by atoms with Crippen molar-refractivity contribution in [3.05, 3.63) is 40.6 Å². The number of hydrogen-bond donors (Lipinski definition) is 1. The van der Waals surface area contributed by atoms with E-state index in [-0.39, 0.29) is 10.6 Å². The van der Waals surface area contributed by atoms with Crippen LogP contribution < -0.4 is 5.32 Å². The average Bonchev–Trinajstić information content (AvgIpc) is 2.85. The topological polar surface area (TPSA) is 68.1 Å².